The second-order valence-corrected chi connectivity index (χ2v) is 7.46. The van der Waals surface area contributed by atoms with Crippen molar-refractivity contribution in [2.24, 2.45) is 5.92 Å². The lowest BCUT2D eigenvalue weighted by atomic mass is 9.77. The summed E-state index contributed by atoms with van der Waals surface area (Å²) in [6.45, 7) is 4.22. The van der Waals surface area contributed by atoms with Crippen molar-refractivity contribution in [1.82, 2.24) is 9.80 Å². The van der Waals surface area contributed by atoms with Crippen LogP contribution >= 0.6 is 0 Å². The fourth-order valence-electron chi connectivity index (χ4n) is 4.58. The second kappa shape index (κ2) is 5.70. The van der Waals surface area contributed by atoms with Crippen LogP contribution in [0, 0.1) is 5.92 Å². The minimum Gasteiger partial charge on any atom is -0.379 e. The maximum absolute atomic E-state index is 13.2. The molecule has 23 heavy (non-hydrogen) atoms. The summed E-state index contributed by atoms with van der Waals surface area (Å²) in [5, 5.41) is 0. The number of carbonyl (C=O) groups is 1. The Morgan fingerprint density at radius 2 is 2.04 bits per heavy atom. The van der Waals surface area contributed by atoms with Crippen LogP contribution in [0.2, 0.25) is 0 Å². The van der Waals surface area contributed by atoms with E-state index in [0.29, 0.717) is 11.8 Å². The van der Waals surface area contributed by atoms with Gasteiger partial charge in [-0.15, -0.1) is 0 Å². The summed E-state index contributed by atoms with van der Waals surface area (Å²) < 4.78 is 0. The van der Waals surface area contributed by atoms with Crippen molar-refractivity contribution in [2.75, 3.05) is 20.1 Å². The van der Waals surface area contributed by atoms with Crippen molar-refractivity contribution < 1.29 is 4.79 Å². The molecule has 0 fully saturated rings. The first kappa shape index (κ1) is 14.8. The van der Waals surface area contributed by atoms with Crippen molar-refractivity contribution >= 4 is 5.91 Å². The zero-order valence-electron chi connectivity index (χ0n) is 14.2. The maximum atomic E-state index is 13.2. The molecule has 2 heterocycles. The standard InChI is InChI=1S/C20H26N2O/c1-14-6-5-11-21(2)13-18(14)22-12-16-9-3-7-15-8-4-10-17(19(15)16)20(22)23/h4,8,10,13-14,16H,3,5-7,9,11-12H2,1-2H3. The lowest BCUT2D eigenvalue weighted by molar-refractivity contribution is 0.0752. The highest BCUT2D eigenvalue weighted by molar-refractivity contribution is 5.98. The van der Waals surface area contributed by atoms with Gasteiger partial charge in [-0.2, -0.15) is 0 Å². The van der Waals surface area contributed by atoms with Gasteiger partial charge in [0.05, 0.1) is 0 Å². The van der Waals surface area contributed by atoms with E-state index < -0.39 is 0 Å². The molecule has 0 saturated carbocycles. The molecule has 122 valence electrons. The molecule has 3 heteroatoms. The van der Waals surface area contributed by atoms with Crippen molar-refractivity contribution in [2.45, 2.75) is 44.9 Å². The minimum atomic E-state index is 0.216. The Balaban J connectivity index is 1.76. The normalized spacial score (nSPS) is 27.4. The van der Waals surface area contributed by atoms with E-state index in [4.69, 9.17) is 0 Å². The monoisotopic (exact) mass is 310 g/mol. The zero-order valence-corrected chi connectivity index (χ0v) is 14.2. The summed E-state index contributed by atoms with van der Waals surface area (Å²) >= 11 is 0. The summed E-state index contributed by atoms with van der Waals surface area (Å²) in [5.41, 5.74) is 4.94. The van der Waals surface area contributed by atoms with Crippen molar-refractivity contribution in [3.63, 3.8) is 0 Å². The number of hydrogen-bond acceptors (Lipinski definition) is 2. The molecule has 0 radical (unpaired) electrons. The minimum absolute atomic E-state index is 0.216. The number of allylic oxidation sites excluding steroid dienone is 1. The molecule has 2 unspecified atom stereocenters. The molecular formula is C20H26N2O. The van der Waals surface area contributed by atoms with E-state index in [2.05, 4.69) is 42.1 Å². The highest BCUT2D eigenvalue weighted by atomic mass is 16.2. The van der Waals surface area contributed by atoms with Gasteiger partial charge in [-0.1, -0.05) is 19.1 Å². The lowest BCUT2D eigenvalue weighted by Crippen LogP contribution is -2.42. The fourth-order valence-corrected chi connectivity index (χ4v) is 4.58. The molecule has 2 atom stereocenters. The summed E-state index contributed by atoms with van der Waals surface area (Å²) in [4.78, 5) is 17.5. The summed E-state index contributed by atoms with van der Waals surface area (Å²) in [6, 6.07) is 6.32. The average Bonchev–Trinajstić information content (AvgIpc) is 2.72. The van der Waals surface area contributed by atoms with Crippen LogP contribution in [0.3, 0.4) is 0 Å². The van der Waals surface area contributed by atoms with Crippen LogP contribution in [0.25, 0.3) is 0 Å². The number of benzene rings is 1. The van der Waals surface area contributed by atoms with Gasteiger partial charge >= 0.3 is 0 Å². The Hall–Kier alpha value is -1.77. The molecule has 0 aromatic heterocycles. The zero-order chi connectivity index (χ0) is 16.0. The molecule has 3 nitrogen and oxygen atoms in total. The topological polar surface area (TPSA) is 23.6 Å². The molecule has 0 saturated heterocycles. The Labute approximate surface area is 139 Å². The van der Waals surface area contributed by atoms with Crippen molar-refractivity contribution in [3.05, 3.63) is 46.8 Å². The first-order valence-corrected chi connectivity index (χ1v) is 9.00. The van der Waals surface area contributed by atoms with Gasteiger partial charge in [0, 0.05) is 43.5 Å². The number of carbonyl (C=O) groups excluding carboxylic acids is 1. The molecular weight excluding hydrogens is 284 g/mol. The van der Waals surface area contributed by atoms with Gasteiger partial charge in [-0.05, 0) is 55.2 Å². The van der Waals surface area contributed by atoms with E-state index in [1.807, 2.05) is 6.07 Å². The highest BCUT2D eigenvalue weighted by Gasteiger charge is 2.37. The third-order valence-electron chi connectivity index (χ3n) is 5.80. The Morgan fingerprint density at radius 3 is 2.91 bits per heavy atom. The number of hydrogen-bond donors (Lipinski definition) is 0. The highest BCUT2D eigenvalue weighted by Crippen LogP contribution is 2.40. The van der Waals surface area contributed by atoms with Gasteiger partial charge in [-0.25, -0.2) is 0 Å². The number of rotatable bonds is 1. The van der Waals surface area contributed by atoms with Crippen molar-refractivity contribution in [1.29, 1.82) is 0 Å². The van der Waals surface area contributed by atoms with Crippen LogP contribution < -0.4 is 0 Å². The SMILES string of the molecule is CC1CCCN(C)C=C1N1CC2CCCc3cccc(c32)C1=O. The van der Waals surface area contributed by atoms with Crippen LogP contribution in [-0.2, 0) is 6.42 Å². The van der Waals surface area contributed by atoms with Crippen molar-refractivity contribution in [3.8, 4) is 0 Å². The summed E-state index contributed by atoms with van der Waals surface area (Å²) in [7, 11) is 2.12. The Bertz CT molecular complexity index is 664. The third-order valence-corrected chi connectivity index (χ3v) is 5.80. The van der Waals surface area contributed by atoms with E-state index in [1.54, 1.807) is 0 Å². The van der Waals surface area contributed by atoms with Crippen LogP contribution in [0.15, 0.2) is 30.1 Å². The molecule has 1 aliphatic carbocycles. The smallest absolute Gasteiger partial charge is 0.258 e. The van der Waals surface area contributed by atoms with Crippen LogP contribution in [0.1, 0.15) is 60.0 Å². The number of amides is 1. The van der Waals surface area contributed by atoms with E-state index >= 15 is 0 Å². The van der Waals surface area contributed by atoms with E-state index in [-0.39, 0.29) is 5.91 Å². The largest absolute Gasteiger partial charge is 0.379 e. The fraction of sp³-hybridized carbons (Fsp3) is 0.550. The predicted octanol–water partition coefficient (Wildman–Crippen LogP) is 3.77. The molecule has 0 bridgehead atoms. The summed E-state index contributed by atoms with van der Waals surface area (Å²) in [5.74, 6) is 1.19. The number of aryl methyl sites for hydroxylation is 1. The predicted molar refractivity (Wildman–Crippen MR) is 92.3 cm³/mol. The molecule has 2 aliphatic heterocycles. The second-order valence-electron chi connectivity index (χ2n) is 7.46. The molecule has 1 amide bonds. The summed E-state index contributed by atoms with van der Waals surface area (Å²) in [6.07, 6.45) is 8.17. The van der Waals surface area contributed by atoms with Gasteiger partial charge in [0.2, 0.25) is 0 Å². The molecule has 1 aromatic rings. The van der Waals surface area contributed by atoms with Crippen LogP contribution in [0.5, 0.6) is 0 Å². The van der Waals surface area contributed by atoms with Crippen LogP contribution in [0.4, 0.5) is 0 Å². The van der Waals surface area contributed by atoms with E-state index in [9.17, 15) is 4.79 Å². The lowest BCUT2D eigenvalue weighted by Gasteiger charge is -2.40. The van der Waals surface area contributed by atoms with Gasteiger partial charge in [-0.3, -0.25) is 4.79 Å². The Morgan fingerprint density at radius 1 is 1.17 bits per heavy atom. The van der Waals surface area contributed by atoms with E-state index in [0.717, 1.165) is 31.5 Å². The molecule has 1 aromatic carbocycles. The number of nitrogens with zero attached hydrogens (tertiary/aromatic N) is 2. The molecule has 3 aliphatic rings. The molecule has 0 N–H and O–H groups in total. The third kappa shape index (κ3) is 2.46. The van der Waals surface area contributed by atoms with E-state index in [1.165, 1.54) is 36.1 Å². The quantitative estimate of drug-likeness (QED) is 0.788. The first-order valence-electron chi connectivity index (χ1n) is 9.00. The van der Waals surface area contributed by atoms with Gasteiger partial charge in [0.1, 0.15) is 0 Å². The Kier molecular flexibility index (Phi) is 3.67. The first-order chi connectivity index (χ1) is 11.1. The van der Waals surface area contributed by atoms with Gasteiger partial charge < -0.3 is 9.80 Å². The average molecular weight is 310 g/mol. The van der Waals surface area contributed by atoms with Crippen LogP contribution in [-0.4, -0.2) is 35.8 Å². The molecule has 4 rings (SSSR count). The van der Waals surface area contributed by atoms with Gasteiger partial charge in [0.25, 0.3) is 5.91 Å². The van der Waals surface area contributed by atoms with Gasteiger partial charge in [0.15, 0.2) is 0 Å². The maximum Gasteiger partial charge on any atom is 0.258 e. The molecule has 0 spiro atoms.